The van der Waals surface area contributed by atoms with Gasteiger partial charge in [0.1, 0.15) is 0 Å². The smallest absolute Gasteiger partial charge is 0.287 e. The van der Waals surface area contributed by atoms with E-state index in [1.165, 1.54) is 22.8 Å². The summed E-state index contributed by atoms with van der Waals surface area (Å²) in [5.41, 5.74) is 6.63. The van der Waals surface area contributed by atoms with Crippen LogP contribution in [-0.2, 0) is 6.54 Å². The van der Waals surface area contributed by atoms with Gasteiger partial charge in [0.25, 0.3) is 5.91 Å². The van der Waals surface area contributed by atoms with Crippen LogP contribution in [0.2, 0.25) is 0 Å². The van der Waals surface area contributed by atoms with Crippen molar-refractivity contribution in [3.8, 4) is 0 Å². The maximum absolute atomic E-state index is 12.2. The molecule has 3 aromatic rings. The van der Waals surface area contributed by atoms with Gasteiger partial charge in [-0.05, 0) is 51.0 Å². The van der Waals surface area contributed by atoms with E-state index in [-0.39, 0.29) is 5.91 Å². The molecule has 1 aromatic carbocycles. The number of aromatic nitrogens is 1. The highest BCUT2D eigenvalue weighted by Gasteiger charge is 2.14. The van der Waals surface area contributed by atoms with Crippen LogP contribution in [0.1, 0.15) is 38.5 Å². The minimum atomic E-state index is -0.183. The van der Waals surface area contributed by atoms with Crippen LogP contribution in [0.25, 0.3) is 10.9 Å². The van der Waals surface area contributed by atoms with Crippen LogP contribution in [0.3, 0.4) is 0 Å². The normalized spacial score (nSPS) is 11.1. The lowest BCUT2D eigenvalue weighted by atomic mass is 10.0. The number of furan rings is 1. The highest BCUT2D eigenvalue weighted by molar-refractivity contribution is 5.93. The number of benzene rings is 1. The number of fused-ring (bicyclic) bond motifs is 1. The Bertz CT molecular complexity index is 855. The average molecular weight is 296 g/mol. The van der Waals surface area contributed by atoms with Gasteiger partial charge in [0.2, 0.25) is 0 Å². The number of rotatable bonds is 3. The Morgan fingerprint density at radius 2 is 2.00 bits per heavy atom. The van der Waals surface area contributed by atoms with E-state index in [0.29, 0.717) is 12.3 Å². The van der Waals surface area contributed by atoms with Crippen LogP contribution in [0.4, 0.5) is 0 Å². The summed E-state index contributed by atoms with van der Waals surface area (Å²) in [6, 6.07) is 6.07. The summed E-state index contributed by atoms with van der Waals surface area (Å²) >= 11 is 0. The van der Waals surface area contributed by atoms with E-state index in [9.17, 15) is 4.79 Å². The SMILES string of the molecule is Cc1cc(CNC(=O)c2occc2C)c2[nH]c(C)c(C)c2c1. The van der Waals surface area contributed by atoms with Gasteiger partial charge >= 0.3 is 0 Å². The number of hydrogen-bond donors (Lipinski definition) is 2. The molecule has 22 heavy (non-hydrogen) atoms. The first kappa shape index (κ1) is 14.4. The lowest BCUT2D eigenvalue weighted by Crippen LogP contribution is -2.23. The summed E-state index contributed by atoms with van der Waals surface area (Å²) in [7, 11) is 0. The summed E-state index contributed by atoms with van der Waals surface area (Å²) in [4.78, 5) is 15.6. The lowest BCUT2D eigenvalue weighted by Gasteiger charge is -2.07. The van der Waals surface area contributed by atoms with Crippen molar-refractivity contribution < 1.29 is 9.21 Å². The molecule has 4 heteroatoms. The van der Waals surface area contributed by atoms with Gasteiger partial charge < -0.3 is 14.7 Å². The minimum Gasteiger partial charge on any atom is -0.459 e. The fourth-order valence-corrected chi connectivity index (χ4v) is 2.79. The molecular weight excluding hydrogens is 276 g/mol. The first-order valence-corrected chi connectivity index (χ1v) is 7.38. The van der Waals surface area contributed by atoms with Crippen LogP contribution >= 0.6 is 0 Å². The second-order valence-corrected chi connectivity index (χ2v) is 5.84. The van der Waals surface area contributed by atoms with Gasteiger partial charge in [-0.1, -0.05) is 11.6 Å². The second-order valence-electron chi connectivity index (χ2n) is 5.84. The van der Waals surface area contributed by atoms with E-state index in [0.717, 1.165) is 22.3 Å². The van der Waals surface area contributed by atoms with Crippen LogP contribution in [0, 0.1) is 27.7 Å². The van der Waals surface area contributed by atoms with Gasteiger partial charge in [-0.15, -0.1) is 0 Å². The quantitative estimate of drug-likeness (QED) is 0.769. The van der Waals surface area contributed by atoms with Gasteiger partial charge in [0.05, 0.1) is 11.8 Å². The number of amides is 1. The molecule has 0 saturated heterocycles. The highest BCUT2D eigenvalue weighted by atomic mass is 16.3. The van der Waals surface area contributed by atoms with Gasteiger partial charge in [0.15, 0.2) is 5.76 Å². The molecule has 2 heterocycles. The zero-order valence-electron chi connectivity index (χ0n) is 13.3. The Labute approximate surface area is 129 Å². The zero-order chi connectivity index (χ0) is 15.9. The van der Waals surface area contributed by atoms with Crippen molar-refractivity contribution in [1.82, 2.24) is 10.3 Å². The second kappa shape index (κ2) is 5.37. The first-order valence-electron chi connectivity index (χ1n) is 7.38. The van der Waals surface area contributed by atoms with Crippen LogP contribution < -0.4 is 5.32 Å². The van der Waals surface area contributed by atoms with Crippen molar-refractivity contribution in [2.45, 2.75) is 34.2 Å². The molecule has 2 N–H and O–H groups in total. The maximum atomic E-state index is 12.2. The molecule has 2 aromatic heterocycles. The minimum absolute atomic E-state index is 0.183. The highest BCUT2D eigenvalue weighted by Crippen LogP contribution is 2.26. The summed E-state index contributed by atoms with van der Waals surface area (Å²) in [5, 5.41) is 4.16. The predicted molar refractivity (Wildman–Crippen MR) is 87.1 cm³/mol. The maximum Gasteiger partial charge on any atom is 0.287 e. The fourth-order valence-electron chi connectivity index (χ4n) is 2.79. The molecule has 0 saturated carbocycles. The lowest BCUT2D eigenvalue weighted by molar-refractivity contribution is 0.0922. The van der Waals surface area contributed by atoms with E-state index in [2.05, 4.69) is 43.2 Å². The van der Waals surface area contributed by atoms with Crippen molar-refractivity contribution in [3.63, 3.8) is 0 Å². The third-order valence-electron chi connectivity index (χ3n) is 4.15. The molecular formula is C18H20N2O2. The van der Waals surface area contributed by atoms with E-state index in [1.54, 1.807) is 6.07 Å². The van der Waals surface area contributed by atoms with Gasteiger partial charge in [-0.25, -0.2) is 0 Å². The molecule has 0 aliphatic rings. The van der Waals surface area contributed by atoms with Gasteiger partial charge in [-0.3, -0.25) is 4.79 Å². The molecule has 0 atom stereocenters. The van der Waals surface area contributed by atoms with Crippen LogP contribution in [-0.4, -0.2) is 10.9 Å². The molecule has 4 nitrogen and oxygen atoms in total. The Morgan fingerprint density at radius 3 is 2.68 bits per heavy atom. The number of nitrogens with one attached hydrogen (secondary N) is 2. The Hall–Kier alpha value is -2.49. The average Bonchev–Trinajstić information content (AvgIpc) is 3.02. The largest absolute Gasteiger partial charge is 0.459 e. The molecule has 114 valence electrons. The number of H-pyrrole nitrogens is 1. The van der Waals surface area contributed by atoms with Crippen molar-refractivity contribution in [1.29, 1.82) is 0 Å². The molecule has 0 fully saturated rings. The summed E-state index contributed by atoms with van der Waals surface area (Å²) in [6.45, 7) is 8.59. The molecule has 3 rings (SSSR count). The standard InChI is InChI=1S/C18H20N2O2/c1-10-7-14(16-15(8-10)12(3)13(4)20-16)9-19-18(21)17-11(2)5-6-22-17/h5-8,20H,9H2,1-4H3,(H,19,21). The van der Waals surface area contributed by atoms with E-state index >= 15 is 0 Å². The number of aromatic amines is 1. The number of hydrogen-bond acceptors (Lipinski definition) is 2. The topological polar surface area (TPSA) is 58.0 Å². The Morgan fingerprint density at radius 1 is 1.23 bits per heavy atom. The third-order valence-corrected chi connectivity index (χ3v) is 4.15. The Balaban J connectivity index is 1.90. The monoisotopic (exact) mass is 296 g/mol. The molecule has 0 radical (unpaired) electrons. The van der Waals surface area contributed by atoms with Crippen LogP contribution in [0.15, 0.2) is 28.9 Å². The van der Waals surface area contributed by atoms with Crippen molar-refractivity contribution >= 4 is 16.8 Å². The molecule has 0 aliphatic heterocycles. The van der Waals surface area contributed by atoms with E-state index < -0.39 is 0 Å². The summed E-state index contributed by atoms with van der Waals surface area (Å²) in [5.74, 6) is 0.194. The van der Waals surface area contributed by atoms with E-state index in [4.69, 9.17) is 4.42 Å². The van der Waals surface area contributed by atoms with Gasteiger partial charge in [-0.2, -0.15) is 0 Å². The number of carbonyl (C=O) groups excluding carboxylic acids is 1. The van der Waals surface area contributed by atoms with Crippen molar-refractivity contribution in [3.05, 3.63) is 58.2 Å². The van der Waals surface area contributed by atoms with Crippen LogP contribution in [0.5, 0.6) is 0 Å². The predicted octanol–water partition coefficient (Wildman–Crippen LogP) is 3.92. The first-order chi connectivity index (χ1) is 10.5. The third kappa shape index (κ3) is 2.41. The molecule has 0 bridgehead atoms. The summed E-state index contributed by atoms with van der Waals surface area (Å²) < 4.78 is 5.23. The van der Waals surface area contributed by atoms with Crippen molar-refractivity contribution in [2.24, 2.45) is 0 Å². The van der Waals surface area contributed by atoms with E-state index in [1.807, 2.05) is 6.92 Å². The molecule has 0 aliphatic carbocycles. The molecule has 0 spiro atoms. The Kier molecular flexibility index (Phi) is 3.53. The number of carbonyl (C=O) groups is 1. The van der Waals surface area contributed by atoms with Crippen molar-refractivity contribution in [2.75, 3.05) is 0 Å². The van der Waals surface area contributed by atoms with Gasteiger partial charge in [0, 0.05) is 23.2 Å². The summed E-state index contributed by atoms with van der Waals surface area (Å²) in [6.07, 6.45) is 1.53. The molecule has 0 unspecified atom stereocenters. The fraction of sp³-hybridized carbons (Fsp3) is 0.278. The zero-order valence-corrected chi connectivity index (χ0v) is 13.3. The number of aryl methyl sites for hydroxylation is 4. The molecule has 1 amide bonds.